The number of hydrogen-bond acceptors (Lipinski definition) is 2. The number of pyridine rings is 1. The van der Waals surface area contributed by atoms with E-state index < -0.39 is 0 Å². The van der Waals surface area contributed by atoms with E-state index in [9.17, 15) is 0 Å². The Balaban J connectivity index is 2.08. The summed E-state index contributed by atoms with van der Waals surface area (Å²) in [6.07, 6.45) is 7.82. The van der Waals surface area contributed by atoms with E-state index in [2.05, 4.69) is 16.0 Å². The second kappa shape index (κ2) is 3.57. The molecule has 0 aliphatic carbocycles. The molecule has 0 N–H and O–H groups in total. The molecule has 0 aromatic carbocycles. The van der Waals surface area contributed by atoms with E-state index in [1.54, 1.807) is 0 Å². The molecule has 0 saturated carbocycles. The molecule has 1 saturated heterocycles. The Morgan fingerprint density at radius 1 is 1.17 bits per heavy atom. The van der Waals surface area contributed by atoms with Crippen LogP contribution in [0.2, 0.25) is 0 Å². The van der Waals surface area contributed by atoms with Crippen molar-refractivity contribution < 1.29 is 0 Å². The van der Waals surface area contributed by atoms with E-state index in [1.807, 2.05) is 18.5 Å². The molecule has 0 bridgehead atoms. The molecule has 1 fully saturated rings. The van der Waals surface area contributed by atoms with Crippen molar-refractivity contribution in [3.05, 3.63) is 24.5 Å². The van der Waals surface area contributed by atoms with Gasteiger partial charge in [-0.3, -0.25) is 4.98 Å². The van der Waals surface area contributed by atoms with Gasteiger partial charge < -0.3 is 4.90 Å². The van der Waals surface area contributed by atoms with Crippen LogP contribution in [0.25, 0.3) is 0 Å². The van der Waals surface area contributed by atoms with Crippen molar-refractivity contribution in [2.45, 2.75) is 19.3 Å². The summed E-state index contributed by atoms with van der Waals surface area (Å²) in [7, 11) is 0. The predicted molar refractivity (Wildman–Crippen MR) is 50.3 cm³/mol. The summed E-state index contributed by atoms with van der Waals surface area (Å²) in [5, 5.41) is 0. The Morgan fingerprint density at radius 3 is 2.67 bits per heavy atom. The number of rotatable bonds is 1. The fraction of sp³-hybridized carbons (Fsp3) is 0.500. The Bertz CT molecular complexity index is 227. The molecule has 0 spiro atoms. The maximum atomic E-state index is 4.12. The van der Waals surface area contributed by atoms with Crippen molar-refractivity contribution >= 4 is 5.69 Å². The fourth-order valence-electron chi connectivity index (χ4n) is 1.69. The summed E-state index contributed by atoms with van der Waals surface area (Å²) in [5.74, 6) is 0. The number of anilines is 1. The molecule has 1 aromatic heterocycles. The number of aromatic nitrogens is 1. The second-order valence-corrected chi connectivity index (χ2v) is 3.26. The van der Waals surface area contributed by atoms with Gasteiger partial charge in [-0.05, 0) is 31.4 Å². The summed E-state index contributed by atoms with van der Waals surface area (Å²) < 4.78 is 0. The van der Waals surface area contributed by atoms with E-state index in [-0.39, 0.29) is 0 Å². The van der Waals surface area contributed by atoms with Gasteiger partial charge >= 0.3 is 0 Å². The highest BCUT2D eigenvalue weighted by molar-refractivity contribution is 5.43. The van der Waals surface area contributed by atoms with E-state index >= 15 is 0 Å². The third-order valence-electron chi connectivity index (χ3n) is 2.37. The minimum atomic E-state index is 1.20. The highest BCUT2D eigenvalue weighted by Gasteiger charge is 2.09. The number of nitrogens with zero attached hydrogens (tertiary/aromatic N) is 2. The molecule has 2 heteroatoms. The standard InChI is InChI=1S/C10H14N2/c1-2-7-12(8-3-1)10-5-4-6-11-9-10/h4-6,9H,1-3,7-8H2. The van der Waals surface area contributed by atoms with Crippen molar-refractivity contribution in [3.8, 4) is 0 Å². The van der Waals surface area contributed by atoms with Crippen molar-refractivity contribution in [3.63, 3.8) is 0 Å². The van der Waals surface area contributed by atoms with Crippen LogP contribution in [-0.4, -0.2) is 18.1 Å². The molecule has 12 heavy (non-hydrogen) atoms. The number of piperidine rings is 1. The average Bonchev–Trinajstić information content (AvgIpc) is 2.21. The molecule has 1 aliphatic heterocycles. The first-order chi connectivity index (χ1) is 5.97. The van der Waals surface area contributed by atoms with Gasteiger partial charge in [0.15, 0.2) is 0 Å². The molecule has 0 unspecified atom stereocenters. The first-order valence-corrected chi connectivity index (χ1v) is 4.62. The maximum absolute atomic E-state index is 4.12. The highest BCUT2D eigenvalue weighted by atomic mass is 15.1. The molecule has 0 atom stereocenters. The van der Waals surface area contributed by atoms with Gasteiger partial charge in [0, 0.05) is 19.3 Å². The van der Waals surface area contributed by atoms with Crippen molar-refractivity contribution in [1.29, 1.82) is 0 Å². The predicted octanol–water partition coefficient (Wildman–Crippen LogP) is 2.07. The lowest BCUT2D eigenvalue weighted by molar-refractivity contribution is 0.577. The molecular formula is C10H14N2. The van der Waals surface area contributed by atoms with Crippen LogP contribution in [0.1, 0.15) is 19.3 Å². The van der Waals surface area contributed by atoms with Gasteiger partial charge in [-0.1, -0.05) is 0 Å². The van der Waals surface area contributed by atoms with Crippen LogP contribution >= 0.6 is 0 Å². The van der Waals surface area contributed by atoms with Gasteiger partial charge in [0.05, 0.1) is 11.9 Å². The minimum Gasteiger partial charge on any atom is -0.370 e. The van der Waals surface area contributed by atoms with Crippen molar-refractivity contribution in [2.24, 2.45) is 0 Å². The van der Waals surface area contributed by atoms with E-state index in [0.29, 0.717) is 0 Å². The lowest BCUT2D eigenvalue weighted by Gasteiger charge is -2.28. The van der Waals surface area contributed by atoms with Gasteiger partial charge in [0.25, 0.3) is 0 Å². The van der Waals surface area contributed by atoms with Gasteiger partial charge in [-0.25, -0.2) is 0 Å². The summed E-state index contributed by atoms with van der Waals surface area (Å²) >= 11 is 0. The SMILES string of the molecule is c1cncc(N2CCCCC2)c1. The smallest absolute Gasteiger partial charge is 0.0552 e. The topological polar surface area (TPSA) is 16.1 Å². The fourth-order valence-corrected chi connectivity index (χ4v) is 1.69. The number of hydrogen-bond donors (Lipinski definition) is 0. The van der Waals surface area contributed by atoms with Gasteiger partial charge in [0.1, 0.15) is 0 Å². The average molecular weight is 162 g/mol. The molecular weight excluding hydrogens is 148 g/mol. The highest BCUT2D eigenvalue weighted by Crippen LogP contribution is 2.17. The molecule has 2 rings (SSSR count). The zero-order valence-corrected chi connectivity index (χ0v) is 7.24. The third kappa shape index (κ3) is 1.58. The monoisotopic (exact) mass is 162 g/mol. The molecule has 2 nitrogen and oxygen atoms in total. The zero-order valence-electron chi connectivity index (χ0n) is 7.24. The van der Waals surface area contributed by atoms with Crippen LogP contribution in [0.4, 0.5) is 5.69 Å². The summed E-state index contributed by atoms with van der Waals surface area (Å²) in [6.45, 7) is 2.40. The molecule has 0 radical (unpaired) electrons. The van der Waals surface area contributed by atoms with Gasteiger partial charge in [-0.2, -0.15) is 0 Å². The van der Waals surface area contributed by atoms with Crippen LogP contribution in [0.5, 0.6) is 0 Å². The van der Waals surface area contributed by atoms with Crippen molar-refractivity contribution in [1.82, 2.24) is 4.98 Å². The molecule has 2 heterocycles. The minimum absolute atomic E-state index is 1.20. The van der Waals surface area contributed by atoms with Gasteiger partial charge in [-0.15, -0.1) is 0 Å². The summed E-state index contributed by atoms with van der Waals surface area (Å²) in [4.78, 5) is 6.53. The van der Waals surface area contributed by atoms with E-state index in [1.165, 1.54) is 38.0 Å². The summed E-state index contributed by atoms with van der Waals surface area (Å²) in [6, 6.07) is 4.14. The zero-order chi connectivity index (χ0) is 8.23. The van der Waals surface area contributed by atoms with Crippen LogP contribution in [-0.2, 0) is 0 Å². The molecule has 1 aliphatic rings. The largest absolute Gasteiger partial charge is 0.370 e. The third-order valence-corrected chi connectivity index (χ3v) is 2.37. The maximum Gasteiger partial charge on any atom is 0.0552 e. The normalized spacial score (nSPS) is 17.8. The Kier molecular flexibility index (Phi) is 2.26. The van der Waals surface area contributed by atoms with Crippen LogP contribution in [0, 0.1) is 0 Å². The van der Waals surface area contributed by atoms with E-state index in [0.717, 1.165) is 0 Å². The quantitative estimate of drug-likeness (QED) is 0.628. The second-order valence-electron chi connectivity index (χ2n) is 3.26. The van der Waals surface area contributed by atoms with Crippen molar-refractivity contribution in [2.75, 3.05) is 18.0 Å². The lowest BCUT2D eigenvalue weighted by atomic mass is 10.1. The Morgan fingerprint density at radius 2 is 2.00 bits per heavy atom. The van der Waals surface area contributed by atoms with Crippen LogP contribution in [0.15, 0.2) is 24.5 Å². The molecule has 64 valence electrons. The Hall–Kier alpha value is -1.05. The van der Waals surface area contributed by atoms with E-state index in [4.69, 9.17) is 0 Å². The summed E-state index contributed by atoms with van der Waals surface area (Å²) in [5.41, 5.74) is 1.28. The lowest BCUT2D eigenvalue weighted by Crippen LogP contribution is -2.29. The van der Waals surface area contributed by atoms with Crippen LogP contribution in [0.3, 0.4) is 0 Å². The van der Waals surface area contributed by atoms with Gasteiger partial charge in [0.2, 0.25) is 0 Å². The first kappa shape index (κ1) is 7.59. The first-order valence-electron chi connectivity index (χ1n) is 4.62. The molecule has 1 aromatic rings. The molecule has 0 amide bonds. The van der Waals surface area contributed by atoms with Crippen LogP contribution < -0.4 is 4.90 Å². The Labute approximate surface area is 73.2 Å².